The molecule has 1 aromatic carbocycles. The number of nitrogens with one attached hydrogen (secondary N) is 1. The van der Waals surface area contributed by atoms with Crippen LogP contribution in [0.2, 0.25) is 5.15 Å². The number of carboxylic acids is 1. The highest BCUT2D eigenvalue weighted by molar-refractivity contribution is 7.91. The maximum absolute atomic E-state index is 12.0. The number of rotatable bonds is 5. The van der Waals surface area contributed by atoms with Gasteiger partial charge in [0.1, 0.15) is 5.15 Å². The maximum atomic E-state index is 12.0. The van der Waals surface area contributed by atoms with Crippen LogP contribution < -0.4 is 4.72 Å². The monoisotopic (exact) mass is 326 g/mol. The highest BCUT2D eigenvalue weighted by atomic mass is 35.5. The van der Waals surface area contributed by atoms with E-state index in [2.05, 4.69) is 9.71 Å². The number of nitrogens with zero attached hydrogens (tertiary/aromatic N) is 1. The maximum Gasteiger partial charge on any atom is 0.335 e. The second kappa shape index (κ2) is 6.11. The van der Waals surface area contributed by atoms with Gasteiger partial charge < -0.3 is 5.11 Å². The summed E-state index contributed by atoms with van der Waals surface area (Å²) in [5, 5.41) is 9.06. The lowest BCUT2D eigenvalue weighted by atomic mass is 10.1. The molecule has 2 aromatic rings. The molecule has 0 amide bonds. The summed E-state index contributed by atoms with van der Waals surface area (Å²) in [6.45, 7) is 0. The van der Waals surface area contributed by atoms with Gasteiger partial charge in [-0.15, -0.1) is 0 Å². The first-order valence-electron chi connectivity index (χ1n) is 5.80. The second-order valence-corrected chi connectivity index (χ2v) is 6.34. The lowest BCUT2D eigenvalue weighted by Crippen LogP contribution is -2.15. The summed E-state index contributed by atoms with van der Waals surface area (Å²) in [5.74, 6) is -1.45. The molecule has 0 aliphatic carbocycles. The molecule has 0 atom stereocenters. The van der Waals surface area contributed by atoms with Gasteiger partial charge in [0.15, 0.2) is 0 Å². The van der Waals surface area contributed by atoms with E-state index < -0.39 is 16.0 Å². The number of carbonyl (C=O) groups is 1. The van der Waals surface area contributed by atoms with E-state index in [-0.39, 0.29) is 16.5 Å². The summed E-state index contributed by atoms with van der Waals surface area (Å²) < 4.78 is 26.4. The molecule has 0 spiro atoms. The van der Waals surface area contributed by atoms with Crippen LogP contribution in [0.3, 0.4) is 0 Å². The van der Waals surface area contributed by atoms with Crippen LogP contribution in [0.25, 0.3) is 0 Å². The summed E-state index contributed by atoms with van der Waals surface area (Å²) >= 11 is 5.68. The minimum Gasteiger partial charge on any atom is -0.478 e. The zero-order valence-corrected chi connectivity index (χ0v) is 12.2. The van der Waals surface area contributed by atoms with Crippen molar-refractivity contribution in [3.05, 3.63) is 58.9 Å². The average Bonchev–Trinajstić information content (AvgIpc) is 2.37. The fraction of sp³-hybridized carbons (Fsp3) is 0.0769. The summed E-state index contributed by atoms with van der Waals surface area (Å²) in [5.41, 5.74) is 0.710. The number of aromatic carboxylic acids is 1. The molecule has 1 heterocycles. The summed E-state index contributed by atoms with van der Waals surface area (Å²) in [4.78, 5) is 14.6. The van der Waals surface area contributed by atoms with Crippen molar-refractivity contribution in [3.8, 4) is 0 Å². The highest BCUT2D eigenvalue weighted by Gasteiger charge is 2.13. The van der Waals surface area contributed by atoms with E-state index in [1.165, 1.54) is 36.5 Å². The second-order valence-electron chi connectivity index (χ2n) is 4.23. The molecule has 0 aliphatic rings. The van der Waals surface area contributed by atoms with Gasteiger partial charge in [-0.2, -0.15) is 0 Å². The number of aromatic nitrogens is 1. The molecule has 0 unspecified atom stereocenters. The third-order valence-corrected chi connectivity index (χ3v) is 4.00. The van der Waals surface area contributed by atoms with Gasteiger partial charge in [-0.05, 0) is 29.8 Å². The zero-order chi connectivity index (χ0) is 15.5. The summed E-state index contributed by atoms with van der Waals surface area (Å²) in [6, 6.07) is 8.61. The van der Waals surface area contributed by atoms with Crippen LogP contribution in [0.5, 0.6) is 0 Å². The number of pyridine rings is 1. The Morgan fingerprint density at radius 3 is 2.71 bits per heavy atom. The lowest BCUT2D eigenvalue weighted by molar-refractivity contribution is 0.0696. The fourth-order valence-corrected chi connectivity index (χ4v) is 3.05. The van der Waals surface area contributed by atoms with E-state index in [0.717, 1.165) is 0 Å². The minimum absolute atomic E-state index is 0.0367. The predicted octanol–water partition coefficient (Wildman–Crippen LogP) is 2.38. The zero-order valence-electron chi connectivity index (χ0n) is 10.7. The molecular weight excluding hydrogens is 316 g/mol. The molecule has 2 N–H and O–H groups in total. The van der Waals surface area contributed by atoms with Gasteiger partial charge in [0.05, 0.1) is 17.0 Å². The number of hydrogen-bond donors (Lipinski definition) is 2. The quantitative estimate of drug-likeness (QED) is 0.822. The predicted molar refractivity (Wildman–Crippen MR) is 78.9 cm³/mol. The molecule has 0 fully saturated rings. The number of benzene rings is 1. The molecule has 0 radical (unpaired) electrons. The molecule has 6 nitrogen and oxygen atoms in total. The molecule has 0 saturated carbocycles. The minimum atomic E-state index is -3.68. The summed E-state index contributed by atoms with van der Waals surface area (Å²) in [6.07, 6.45) is 1.38. The molecule has 110 valence electrons. The summed E-state index contributed by atoms with van der Waals surface area (Å²) in [7, 11) is -3.68. The van der Waals surface area contributed by atoms with Gasteiger partial charge in [-0.25, -0.2) is 18.2 Å². The fourth-order valence-electron chi connectivity index (χ4n) is 1.70. The van der Waals surface area contributed by atoms with Crippen LogP contribution in [0.15, 0.2) is 42.6 Å². The molecule has 2 rings (SSSR count). The van der Waals surface area contributed by atoms with E-state index in [1.54, 1.807) is 6.07 Å². The van der Waals surface area contributed by atoms with Gasteiger partial charge in [-0.1, -0.05) is 23.7 Å². The van der Waals surface area contributed by atoms with Crippen molar-refractivity contribution in [1.82, 2.24) is 4.98 Å². The van der Waals surface area contributed by atoms with Crippen molar-refractivity contribution in [1.29, 1.82) is 0 Å². The lowest BCUT2D eigenvalue weighted by Gasteiger charge is -2.08. The Hall–Kier alpha value is -2.12. The van der Waals surface area contributed by atoms with Crippen molar-refractivity contribution in [3.63, 3.8) is 0 Å². The van der Waals surface area contributed by atoms with Crippen LogP contribution in [-0.2, 0) is 15.8 Å². The molecule has 1 aromatic heterocycles. The Balaban J connectivity index is 2.18. The Morgan fingerprint density at radius 1 is 1.29 bits per heavy atom. The molecule has 21 heavy (non-hydrogen) atoms. The highest BCUT2D eigenvalue weighted by Crippen LogP contribution is 2.16. The number of anilines is 1. The Bertz CT molecular complexity index is 777. The van der Waals surface area contributed by atoms with E-state index >= 15 is 0 Å². The standard InChI is InChI=1S/C13H11ClN2O4S/c14-12-7-11(4-5-15-12)16-21(19,20)8-9-2-1-3-10(6-9)13(17)18/h1-7H,8H2,(H,15,16)(H,17,18). The number of carboxylic acid groups (broad SMARTS) is 1. The van der Waals surface area contributed by atoms with E-state index in [1.807, 2.05) is 0 Å². The van der Waals surface area contributed by atoms with Gasteiger partial charge in [0, 0.05) is 6.20 Å². The first-order chi connectivity index (χ1) is 9.85. The van der Waals surface area contributed by atoms with Crippen molar-refractivity contribution < 1.29 is 18.3 Å². The smallest absolute Gasteiger partial charge is 0.335 e. The van der Waals surface area contributed by atoms with Crippen LogP contribution >= 0.6 is 11.6 Å². The first-order valence-corrected chi connectivity index (χ1v) is 7.83. The third kappa shape index (κ3) is 4.44. The van der Waals surface area contributed by atoms with Crippen LogP contribution in [-0.4, -0.2) is 24.5 Å². The molecular formula is C13H11ClN2O4S. The molecule has 8 heteroatoms. The largest absolute Gasteiger partial charge is 0.478 e. The van der Waals surface area contributed by atoms with Crippen LogP contribution in [0.4, 0.5) is 5.69 Å². The Kier molecular flexibility index (Phi) is 4.44. The van der Waals surface area contributed by atoms with Crippen molar-refractivity contribution in [2.75, 3.05) is 4.72 Å². The topological polar surface area (TPSA) is 96.4 Å². The number of hydrogen-bond acceptors (Lipinski definition) is 4. The number of sulfonamides is 1. The van der Waals surface area contributed by atoms with E-state index in [4.69, 9.17) is 16.7 Å². The van der Waals surface area contributed by atoms with Crippen LogP contribution in [0.1, 0.15) is 15.9 Å². The Morgan fingerprint density at radius 2 is 2.05 bits per heavy atom. The molecule has 0 saturated heterocycles. The van der Waals surface area contributed by atoms with Crippen molar-refractivity contribution >= 4 is 33.3 Å². The van der Waals surface area contributed by atoms with Crippen LogP contribution in [0, 0.1) is 0 Å². The molecule has 0 bridgehead atoms. The van der Waals surface area contributed by atoms with Crippen molar-refractivity contribution in [2.24, 2.45) is 0 Å². The van der Waals surface area contributed by atoms with Gasteiger partial charge in [-0.3, -0.25) is 4.72 Å². The SMILES string of the molecule is O=C(O)c1cccc(CS(=O)(=O)Nc2ccnc(Cl)c2)c1. The normalized spacial score (nSPS) is 11.1. The van der Waals surface area contributed by atoms with Gasteiger partial charge in [0.25, 0.3) is 0 Å². The Labute approximate surface area is 126 Å². The molecule has 0 aliphatic heterocycles. The first kappa shape index (κ1) is 15.3. The average molecular weight is 327 g/mol. The van der Waals surface area contributed by atoms with E-state index in [9.17, 15) is 13.2 Å². The van der Waals surface area contributed by atoms with E-state index in [0.29, 0.717) is 11.3 Å². The third-order valence-electron chi connectivity index (χ3n) is 2.53. The van der Waals surface area contributed by atoms with Gasteiger partial charge in [0.2, 0.25) is 10.0 Å². The van der Waals surface area contributed by atoms with Crippen molar-refractivity contribution in [2.45, 2.75) is 5.75 Å². The van der Waals surface area contributed by atoms with Gasteiger partial charge >= 0.3 is 5.97 Å². The number of halogens is 1.